The second-order valence-electron chi connectivity index (χ2n) is 7.69. The molecule has 1 N–H and O–H groups in total. The van der Waals surface area contributed by atoms with Crippen molar-refractivity contribution in [1.82, 2.24) is 4.90 Å². The number of hydrogen-bond donors (Lipinski definition) is 1. The number of aliphatic hydroxyl groups is 1. The van der Waals surface area contributed by atoms with Crippen LogP contribution in [0, 0.1) is 5.41 Å². The highest BCUT2D eigenvalue weighted by Crippen LogP contribution is 2.35. The molecule has 28 heavy (non-hydrogen) atoms. The van der Waals surface area contributed by atoms with Crippen molar-refractivity contribution >= 4 is 17.5 Å². The molecule has 0 spiro atoms. The van der Waals surface area contributed by atoms with Gasteiger partial charge in [0.05, 0.1) is 7.11 Å². The highest BCUT2D eigenvalue weighted by Gasteiger charge is 2.35. The van der Waals surface area contributed by atoms with Crippen molar-refractivity contribution in [3.05, 3.63) is 64.7 Å². The van der Waals surface area contributed by atoms with E-state index in [2.05, 4.69) is 0 Å². The van der Waals surface area contributed by atoms with Crippen molar-refractivity contribution in [2.75, 3.05) is 26.8 Å². The average molecular weight is 402 g/mol. The van der Waals surface area contributed by atoms with Gasteiger partial charge < -0.3 is 14.7 Å². The van der Waals surface area contributed by atoms with Gasteiger partial charge in [0.25, 0.3) is 0 Å². The Morgan fingerprint density at radius 1 is 1.07 bits per heavy atom. The number of nitrogens with zero attached hydrogens (tertiary/aromatic N) is 1. The third-order valence-corrected chi connectivity index (χ3v) is 6.04. The SMILES string of the molecule is COc1ccc(CCC(=O)N2CCC(CO)(Cc3ccc(Cl)cc3)CC2)cc1. The van der Waals surface area contributed by atoms with Gasteiger partial charge in [-0.15, -0.1) is 0 Å². The number of aryl methyl sites for hydroxylation is 1. The van der Waals surface area contributed by atoms with Crippen LogP contribution in [0.4, 0.5) is 0 Å². The molecule has 0 atom stereocenters. The van der Waals surface area contributed by atoms with Gasteiger partial charge in [-0.25, -0.2) is 0 Å². The van der Waals surface area contributed by atoms with E-state index in [-0.39, 0.29) is 17.9 Å². The molecule has 1 fully saturated rings. The van der Waals surface area contributed by atoms with E-state index in [4.69, 9.17) is 16.3 Å². The standard InChI is InChI=1S/C23H28ClNO3/c1-28-21-9-4-18(5-10-21)6-11-22(27)25-14-12-23(17-26,13-15-25)16-19-2-7-20(24)8-3-19/h2-5,7-10,26H,6,11-17H2,1H3. The van der Waals surface area contributed by atoms with E-state index in [1.54, 1.807) is 7.11 Å². The fourth-order valence-corrected chi connectivity index (χ4v) is 3.98. The summed E-state index contributed by atoms with van der Waals surface area (Å²) in [6, 6.07) is 15.7. The zero-order valence-corrected chi connectivity index (χ0v) is 17.1. The van der Waals surface area contributed by atoms with Crippen LogP contribution >= 0.6 is 11.6 Å². The molecule has 0 radical (unpaired) electrons. The molecule has 0 saturated carbocycles. The Bertz CT molecular complexity index is 765. The third kappa shape index (κ3) is 5.27. The lowest BCUT2D eigenvalue weighted by molar-refractivity contribution is -0.134. The zero-order valence-electron chi connectivity index (χ0n) is 16.4. The lowest BCUT2D eigenvalue weighted by Crippen LogP contribution is -2.45. The summed E-state index contributed by atoms with van der Waals surface area (Å²) in [5.41, 5.74) is 2.16. The van der Waals surface area contributed by atoms with Crippen LogP contribution in [-0.4, -0.2) is 42.7 Å². The molecule has 0 aliphatic carbocycles. The van der Waals surface area contributed by atoms with Gasteiger partial charge >= 0.3 is 0 Å². The van der Waals surface area contributed by atoms with Crippen LogP contribution in [0.2, 0.25) is 5.02 Å². The molecule has 2 aromatic rings. The van der Waals surface area contributed by atoms with Gasteiger partial charge in [-0.1, -0.05) is 35.9 Å². The first-order chi connectivity index (χ1) is 13.5. The van der Waals surface area contributed by atoms with Gasteiger partial charge in [-0.2, -0.15) is 0 Å². The third-order valence-electron chi connectivity index (χ3n) is 5.79. The Kier molecular flexibility index (Phi) is 6.97. The van der Waals surface area contributed by atoms with Crippen LogP contribution < -0.4 is 4.74 Å². The first-order valence-electron chi connectivity index (χ1n) is 9.80. The molecule has 1 heterocycles. The molecule has 1 saturated heterocycles. The molecular formula is C23H28ClNO3. The number of carbonyl (C=O) groups is 1. The van der Waals surface area contributed by atoms with E-state index < -0.39 is 0 Å². The fraction of sp³-hybridized carbons (Fsp3) is 0.435. The molecule has 1 aliphatic rings. The van der Waals surface area contributed by atoms with Gasteiger partial charge in [-0.05, 0) is 61.1 Å². The quantitative estimate of drug-likeness (QED) is 0.759. The lowest BCUT2D eigenvalue weighted by Gasteiger charge is -2.41. The number of carbonyl (C=O) groups excluding carboxylic acids is 1. The van der Waals surface area contributed by atoms with Crippen LogP contribution in [-0.2, 0) is 17.6 Å². The van der Waals surface area contributed by atoms with Crippen LogP contribution in [0.3, 0.4) is 0 Å². The largest absolute Gasteiger partial charge is 0.497 e. The number of benzene rings is 2. The molecule has 2 aromatic carbocycles. The lowest BCUT2D eigenvalue weighted by atomic mass is 9.74. The summed E-state index contributed by atoms with van der Waals surface area (Å²) in [5, 5.41) is 10.8. The van der Waals surface area contributed by atoms with Crippen molar-refractivity contribution in [1.29, 1.82) is 0 Å². The summed E-state index contributed by atoms with van der Waals surface area (Å²) in [6.45, 7) is 1.55. The molecule has 0 bridgehead atoms. The molecule has 1 amide bonds. The monoisotopic (exact) mass is 401 g/mol. The minimum atomic E-state index is -0.152. The number of rotatable bonds is 7. The maximum Gasteiger partial charge on any atom is 0.222 e. The number of amides is 1. The van der Waals surface area contributed by atoms with Crippen LogP contribution in [0.5, 0.6) is 5.75 Å². The van der Waals surface area contributed by atoms with Gasteiger partial charge in [-0.3, -0.25) is 4.79 Å². The number of piperidine rings is 1. The van der Waals surface area contributed by atoms with Crippen molar-refractivity contribution in [3.8, 4) is 5.75 Å². The smallest absolute Gasteiger partial charge is 0.222 e. The first kappa shape index (κ1) is 20.7. The van der Waals surface area contributed by atoms with Crippen molar-refractivity contribution in [2.45, 2.75) is 32.1 Å². The Morgan fingerprint density at radius 2 is 1.68 bits per heavy atom. The summed E-state index contributed by atoms with van der Waals surface area (Å²) in [7, 11) is 1.65. The molecule has 1 aliphatic heterocycles. The summed E-state index contributed by atoms with van der Waals surface area (Å²) in [6.07, 6.45) is 3.69. The Hall–Kier alpha value is -2.04. The number of aliphatic hydroxyl groups excluding tert-OH is 1. The van der Waals surface area contributed by atoms with E-state index in [9.17, 15) is 9.90 Å². The maximum atomic E-state index is 12.6. The molecule has 4 nitrogen and oxygen atoms in total. The molecule has 3 rings (SSSR count). The Labute approximate surface area is 172 Å². The van der Waals surface area contributed by atoms with Crippen LogP contribution in [0.25, 0.3) is 0 Å². The predicted octanol–water partition coefficient (Wildman–Crippen LogP) is 4.13. The van der Waals surface area contributed by atoms with E-state index in [0.717, 1.165) is 42.0 Å². The number of likely N-dealkylation sites (tertiary alicyclic amines) is 1. The normalized spacial score (nSPS) is 16.0. The summed E-state index contributed by atoms with van der Waals surface area (Å²) >= 11 is 5.97. The van der Waals surface area contributed by atoms with Gasteiger partial charge in [0.1, 0.15) is 5.75 Å². The Balaban J connectivity index is 1.51. The van der Waals surface area contributed by atoms with E-state index in [0.29, 0.717) is 19.5 Å². The predicted molar refractivity (Wildman–Crippen MR) is 112 cm³/mol. The minimum absolute atomic E-state index is 0.142. The summed E-state index contributed by atoms with van der Waals surface area (Å²) in [4.78, 5) is 14.6. The Morgan fingerprint density at radius 3 is 2.25 bits per heavy atom. The summed E-state index contributed by atoms with van der Waals surface area (Å²) in [5.74, 6) is 1.01. The molecule has 150 valence electrons. The number of ether oxygens (including phenoxy) is 1. The molecule has 5 heteroatoms. The average Bonchev–Trinajstić information content (AvgIpc) is 2.74. The van der Waals surface area contributed by atoms with Crippen LogP contribution in [0.1, 0.15) is 30.4 Å². The summed E-state index contributed by atoms with van der Waals surface area (Å²) < 4.78 is 5.17. The second-order valence-corrected chi connectivity index (χ2v) is 8.13. The highest BCUT2D eigenvalue weighted by molar-refractivity contribution is 6.30. The van der Waals surface area contributed by atoms with E-state index in [1.807, 2.05) is 53.4 Å². The van der Waals surface area contributed by atoms with Crippen molar-refractivity contribution < 1.29 is 14.6 Å². The second kappa shape index (κ2) is 9.44. The molecular weight excluding hydrogens is 374 g/mol. The molecule has 0 unspecified atom stereocenters. The van der Waals surface area contributed by atoms with Gasteiger partial charge in [0.15, 0.2) is 0 Å². The minimum Gasteiger partial charge on any atom is -0.497 e. The van der Waals surface area contributed by atoms with E-state index >= 15 is 0 Å². The number of hydrogen-bond acceptors (Lipinski definition) is 3. The van der Waals surface area contributed by atoms with Gasteiger partial charge in [0.2, 0.25) is 5.91 Å². The topological polar surface area (TPSA) is 49.8 Å². The number of halogens is 1. The number of methoxy groups -OCH3 is 1. The first-order valence-corrected chi connectivity index (χ1v) is 10.2. The van der Waals surface area contributed by atoms with Gasteiger partial charge in [0, 0.05) is 36.6 Å². The van der Waals surface area contributed by atoms with E-state index in [1.165, 1.54) is 5.56 Å². The fourth-order valence-electron chi connectivity index (χ4n) is 3.86. The zero-order chi connectivity index (χ0) is 20.0. The maximum absolute atomic E-state index is 12.6. The highest BCUT2D eigenvalue weighted by atomic mass is 35.5. The van der Waals surface area contributed by atoms with Crippen molar-refractivity contribution in [2.24, 2.45) is 5.41 Å². The van der Waals surface area contributed by atoms with Crippen LogP contribution in [0.15, 0.2) is 48.5 Å². The van der Waals surface area contributed by atoms with Crippen molar-refractivity contribution in [3.63, 3.8) is 0 Å². The molecule has 0 aromatic heterocycles.